The molecule has 20 rings (SSSR count). The molecule has 18 aromatic rings. The molecule has 4 heterocycles. The Morgan fingerprint density at radius 3 is 1.17 bits per heavy atom. The smallest absolute Gasteiger partial charge is 0.252 e. The Kier molecular flexibility index (Phi) is 12.8. The van der Waals surface area contributed by atoms with Gasteiger partial charge in [0.25, 0.3) is 6.71 Å². The third kappa shape index (κ3) is 11.9. The third-order valence-corrected chi connectivity index (χ3v) is 22.7. The summed E-state index contributed by atoms with van der Waals surface area (Å²) >= 11 is 0. The van der Waals surface area contributed by atoms with Crippen molar-refractivity contribution in [1.82, 2.24) is 9.13 Å². The molecule has 2 aromatic heterocycles. The lowest BCUT2D eigenvalue weighted by atomic mass is 9.33. The fourth-order valence-corrected chi connectivity index (χ4v) is 17.0. The number of aromatic nitrogens is 2. The van der Waals surface area contributed by atoms with Gasteiger partial charge in [-0.25, -0.2) is 0 Å². The Balaban J connectivity index is 0.980. The van der Waals surface area contributed by atoms with E-state index in [1.807, 2.05) is 108 Å². The molecular formula is C108H88BN5. The molecule has 0 N–H and O–H groups in total. The zero-order valence-electron chi connectivity index (χ0n) is 81.7. The number of fused-ring (bicyclic) bond motifs is 10. The Hall–Kier alpha value is -13.4. The number of rotatable bonds is 12. The highest BCUT2D eigenvalue weighted by molar-refractivity contribution is 7.00. The van der Waals surface area contributed by atoms with Gasteiger partial charge in [-0.05, 0) is 221 Å². The van der Waals surface area contributed by atoms with E-state index in [0.717, 1.165) is 111 Å². The molecule has 0 unspecified atom stereocenters. The third-order valence-electron chi connectivity index (χ3n) is 22.7. The van der Waals surface area contributed by atoms with Crippen LogP contribution in [-0.2, 0) is 16.2 Å². The van der Waals surface area contributed by atoms with Gasteiger partial charge in [-0.3, -0.25) is 0 Å². The Labute approximate surface area is 693 Å². The topological polar surface area (TPSA) is 19.6 Å². The lowest BCUT2D eigenvalue weighted by Gasteiger charge is -2.45. The van der Waals surface area contributed by atoms with Crippen LogP contribution in [0.4, 0.5) is 51.2 Å². The van der Waals surface area contributed by atoms with E-state index in [4.69, 9.17) is 4.11 Å². The molecule has 0 saturated carbocycles. The summed E-state index contributed by atoms with van der Waals surface area (Å²) in [5.74, 6) is 0. The minimum Gasteiger partial charge on any atom is -0.311 e. The molecule has 0 fully saturated rings. The SMILES string of the molecule is [2H]c1c([2H])c([2H])c(N(c2ccccc2)c2ccc3c(c2)c2c([2H])c([2H])c([2H])c([2H])c2n3-c2ccc3c(c2)N(c2cc(-c4ccccc4)cc(-c4ccccc4)c2)c2cc(-c4cc(C(C)(C)C)cc(C(C)(C)C)c4)cc4c2B3c2ccc(-n3c5c([2H])c([2H])c([2H])c([2H])c5c5c([2H])c([2H])c([2H])c([2H])c53)cc2N4c2c(-c3ccccc3)cc(C(C)(C)C)cc2-c2ccccc2)c([2H])c1[2H]. The molecule has 0 radical (unpaired) electrons. The van der Waals surface area contributed by atoms with Crippen LogP contribution in [0.3, 0.4) is 0 Å². The Morgan fingerprint density at radius 2 is 0.675 bits per heavy atom. The van der Waals surface area contributed by atoms with Crippen LogP contribution in [-0.4, -0.2) is 15.8 Å². The van der Waals surface area contributed by atoms with E-state index < -0.39 is 103 Å². The van der Waals surface area contributed by atoms with Gasteiger partial charge in [-0.15, -0.1) is 0 Å². The van der Waals surface area contributed by atoms with Crippen LogP contribution in [0.1, 0.15) is 102 Å². The molecule has 6 heteroatoms. The lowest BCUT2D eigenvalue weighted by molar-refractivity contribution is 0.569. The summed E-state index contributed by atoms with van der Waals surface area (Å²) in [5, 5.41) is 0.396. The standard InChI is InChI=1S/C108H88BN5/c1-106(2,3)79-59-77(60-80(65-79)107(4,5)6)78-63-102-104-103(64-78)114(105-91(73-38-20-12-21-39-73)66-81(108(7,8)9)67-92(105)74-40-22-13-23-41-74)101-70-86(111-96-49-31-28-46-88(96)89-47-29-32-50-97(89)111)53-56-95(101)109(104)94-55-52-85(69-100(94)113(102)87-61-75(71-34-16-10-17-35-71)58-76(62-87)72-36-18-11-19-37-72)112-98-51-33-30-48-90(98)93-68-84(54-57-99(93)112)110(82-42-24-14-25-43-82)83-44-26-15-27-45-83/h10-70H,1-9H3/i14D,24D,25D,28D,29D,30D,31D,32D,33D,42D,43D,46D,47D,48D,49D,50D,51D. The summed E-state index contributed by atoms with van der Waals surface area (Å²) in [6, 6.07) is 82.2. The second-order valence-electron chi connectivity index (χ2n) is 32.9. The second-order valence-corrected chi connectivity index (χ2v) is 32.9. The Bertz CT molecular complexity index is 7620. The first kappa shape index (κ1) is 53.5. The minimum atomic E-state index is -0.753. The fourth-order valence-electron chi connectivity index (χ4n) is 17.0. The van der Waals surface area contributed by atoms with Crippen LogP contribution in [0, 0.1) is 0 Å². The van der Waals surface area contributed by atoms with E-state index in [1.54, 1.807) is 45.9 Å². The summed E-state index contributed by atoms with van der Waals surface area (Å²) in [6.07, 6.45) is 0. The van der Waals surface area contributed by atoms with Gasteiger partial charge in [0.2, 0.25) is 0 Å². The predicted molar refractivity (Wildman–Crippen MR) is 487 cm³/mol. The molecule has 2 aliphatic heterocycles. The molecule has 5 nitrogen and oxygen atoms in total. The number of nitrogens with zero attached hydrogens (tertiary/aromatic N) is 5. The first-order chi connectivity index (χ1) is 62.5. The quantitative estimate of drug-likeness (QED) is 0.114. The molecule has 548 valence electrons. The zero-order chi connectivity index (χ0) is 92.1. The first-order valence-electron chi connectivity index (χ1n) is 47.3. The number of benzene rings is 16. The van der Waals surface area contributed by atoms with Crippen LogP contribution < -0.4 is 31.1 Å². The number of anilines is 9. The van der Waals surface area contributed by atoms with Gasteiger partial charge in [0.15, 0.2) is 0 Å². The summed E-state index contributed by atoms with van der Waals surface area (Å²) < 4.78 is 165. The van der Waals surface area contributed by atoms with Crippen molar-refractivity contribution in [3.8, 4) is 67.0 Å². The highest BCUT2D eigenvalue weighted by Crippen LogP contribution is 2.55. The molecule has 0 aliphatic carbocycles. The van der Waals surface area contributed by atoms with E-state index in [0.29, 0.717) is 45.0 Å². The summed E-state index contributed by atoms with van der Waals surface area (Å²) in [7, 11) is 0. The van der Waals surface area contributed by atoms with Crippen LogP contribution in [0.2, 0.25) is 0 Å². The monoisotopic (exact) mass is 1480 g/mol. The second kappa shape index (κ2) is 27.2. The van der Waals surface area contributed by atoms with Crippen molar-refractivity contribution in [2.45, 2.75) is 78.6 Å². The minimum absolute atomic E-state index is 0.0457. The van der Waals surface area contributed by atoms with E-state index in [9.17, 15) is 19.2 Å². The number of para-hydroxylation sites is 5. The van der Waals surface area contributed by atoms with Gasteiger partial charge in [-0.2, -0.15) is 0 Å². The van der Waals surface area contributed by atoms with Gasteiger partial charge in [-0.1, -0.05) is 305 Å². The van der Waals surface area contributed by atoms with E-state index in [1.165, 1.54) is 0 Å². The van der Waals surface area contributed by atoms with Crippen molar-refractivity contribution in [3.63, 3.8) is 0 Å². The van der Waals surface area contributed by atoms with Crippen LogP contribution in [0.25, 0.3) is 111 Å². The molecule has 114 heavy (non-hydrogen) atoms. The summed E-state index contributed by atoms with van der Waals surface area (Å²) in [6.45, 7) is 19.3. The molecule has 0 amide bonds. The van der Waals surface area contributed by atoms with Crippen LogP contribution in [0.15, 0.2) is 370 Å². The summed E-state index contributed by atoms with van der Waals surface area (Å²) in [4.78, 5) is 6.31. The van der Waals surface area contributed by atoms with Crippen molar-refractivity contribution in [1.29, 1.82) is 0 Å². The molecule has 2 aliphatic rings. The van der Waals surface area contributed by atoms with Crippen molar-refractivity contribution >= 4 is 118 Å². The van der Waals surface area contributed by atoms with Gasteiger partial charge >= 0.3 is 0 Å². The van der Waals surface area contributed by atoms with Gasteiger partial charge < -0.3 is 23.8 Å². The molecule has 0 atom stereocenters. The maximum absolute atomic E-state index is 10.2. The number of hydrogen-bond donors (Lipinski definition) is 0. The first-order valence-corrected chi connectivity index (χ1v) is 38.8. The molecule has 0 saturated heterocycles. The van der Waals surface area contributed by atoms with Crippen LogP contribution >= 0.6 is 0 Å². The average Bonchev–Trinajstić information content (AvgIpc) is 1.67. The van der Waals surface area contributed by atoms with Crippen molar-refractivity contribution < 1.29 is 23.3 Å². The van der Waals surface area contributed by atoms with Gasteiger partial charge in [0.1, 0.15) is 0 Å². The summed E-state index contributed by atoms with van der Waals surface area (Å²) in [5.41, 5.74) is 19.8. The molecule has 0 bridgehead atoms. The molecular weight excluding hydrogens is 1380 g/mol. The lowest BCUT2D eigenvalue weighted by Crippen LogP contribution is -2.61. The van der Waals surface area contributed by atoms with Gasteiger partial charge in [0, 0.05) is 89.5 Å². The normalized spacial score (nSPS) is 14.8. The van der Waals surface area contributed by atoms with Crippen molar-refractivity contribution in [2.24, 2.45) is 0 Å². The zero-order valence-corrected chi connectivity index (χ0v) is 64.7. The van der Waals surface area contributed by atoms with E-state index in [2.05, 4.69) is 200 Å². The van der Waals surface area contributed by atoms with Crippen molar-refractivity contribution in [3.05, 3.63) is 386 Å². The van der Waals surface area contributed by atoms with Crippen LogP contribution in [0.5, 0.6) is 0 Å². The van der Waals surface area contributed by atoms with E-state index in [-0.39, 0.29) is 61.3 Å². The highest BCUT2D eigenvalue weighted by atomic mass is 15.2. The molecule has 0 spiro atoms. The highest BCUT2D eigenvalue weighted by Gasteiger charge is 2.46. The van der Waals surface area contributed by atoms with Crippen molar-refractivity contribution in [2.75, 3.05) is 14.7 Å². The predicted octanol–water partition coefficient (Wildman–Crippen LogP) is 27.7. The largest absolute Gasteiger partial charge is 0.311 e. The van der Waals surface area contributed by atoms with Gasteiger partial charge in [0.05, 0.1) is 51.1 Å². The fraction of sp³-hybridized carbons (Fsp3) is 0.111. The Morgan fingerprint density at radius 1 is 0.272 bits per heavy atom. The molecule has 16 aromatic carbocycles. The maximum Gasteiger partial charge on any atom is 0.252 e. The average molecular weight is 1480 g/mol. The van der Waals surface area contributed by atoms with E-state index >= 15 is 0 Å². The maximum atomic E-state index is 10.2. The number of hydrogen-bond acceptors (Lipinski definition) is 3.